The molecular weight excluding hydrogens is 492 g/mol. The van der Waals surface area contributed by atoms with Crippen LogP contribution in [0.5, 0.6) is 5.75 Å². The summed E-state index contributed by atoms with van der Waals surface area (Å²) in [7, 11) is 0. The van der Waals surface area contributed by atoms with E-state index in [1.54, 1.807) is 16.7 Å². The molecule has 4 heterocycles. The van der Waals surface area contributed by atoms with Crippen molar-refractivity contribution in [2.24, 2.45) is 0 Å². The second kappa shape index (κ2) is 9.68. The van der Waals surface area contributed by atoms with Crippen molar-refractivity contribution in [1.82, 2.24) is 19.8 Å². The van der Waals surface area contributed by atoms with Gasteiger partial charge in [-0.3, -0.25) is 9.59 Å². The number of nitrogens with one attached hydrogen (secondary N) is 1. The minimum Gasteiger partial charge on any atom is -0.406 e. The average molecular weight is 519 g/mol. The van der Waals surface area contributed by atoms with Gasteiger partial charge in [-0.25, -0.2) is 9.37 Å². The largest absolute Gasteiger partial charge is 0.573 e. The molecule has 0 saturated carbocycles. The Labute approximate surface area is 210 Å². The van der Waals surface area contributed by atoms with E-state index in [-0.39, 0.29) is 35.0 Å². The number of hydrogen-bond donors (Lipinski definition) is 1. The lowest BCUT2D eigenvalue weighted by atomic mass is 9.87. The molecule has 11 heteroatoms. The van der Waals surface area contributed by atoms with Crippen LogP contribution in [0.2, 0.25) is 0 Å². The molecule has 0 bridgehead atoms. The molecule has 196 valence electrons. The number of carbonyl (C=O) groups excluding carboxylic acids is 2. The number of likely N-dealkylation sites (tertiary alicyclic amines) is 2. The molecule has 7 nitrogen and oxygen atoms in total. The van der Waals surface area contributed by atoms with Crippen LogP contribution >= 0.6 is 0 Å². The highest BCUT2D eigenvalue weighted by Gasteiger charge is 2.32. The minimum atomic E-state index is -4.80. The lowest BCUT2D eigenvalue weighted by Crippen LogP contribution is -2.38. The van der Waals surface area contributed by atoms with Crippen molar-refractivity contribution in [1.29, 1.82) is 0 Å². The maximum Gasteiger partial charge on any atom is 0.573 e. The molecule has 2 fully saturated rings. The Balaban J connectivity index is 1.28. The van der Waals surface area contributed by atoms with E-state index < -0.39 is 12.1 Å². The fourth-order valence-corrected chi connectivity index (χ4v) is 5.38. The van der Waals surface area contributed by atoms with Gasteiger partial charge in [0.15, 0.2) is 0 Å². The number of carbonyl (C=O) groups is 2. The number of rotatable bonds is 4. The van der Waals surface area contributed by atoms with Gasteiger partial charge in [-0.15, -0.1) is 13.2 Å². The van der Waals surface area contributed by atoms with E-state index in [0.717, 1.165) is 29.6 Å². The number of ether oxygens (including phenoxy) is 1. The number of nitrogens with zero attached hydrogens (tertiary/aromatic N) is 3. The summed E-state index contributed by atoms with van der Waals surface area (Å²) < 4.78 is 56.0. The maximum atomic E-state index is 15.0. The van der Waals surface area contributed by atoms with E-state index in [9.17, 15) is 22.8 Å². The topological polar surface area (TPSA) is 78.5 Å². The van der Waals surface area contributed by atoms with Crippen molar-refractivity contribution in [3.63, 3.8) is 0 Å². The third-order valence-electron chi connectivity index (χ3n) is 7.27. The monoisotopic (exact) mass is 518 g/mol. The van der Waals surface area contributed by atoms with Gasteiger partial charge in [0.2, 0.25) is 5.91 Å². The van der Waals surface area contributed by atoms with Gasteiger partial charge in [0.25, 0.3) is 5.91 Å². The van der Waals surface area contributed by atoms with E-state index in [1.807, 2.05) is 6.07 Å². The molecule has 37 heavy (non-hydrogen) atoms. The first-order chi connectivity index (χ1) is 17.6. The molecule has 0 spiro atoms. The van der Waals surface area contributed by atoms with Crippen LogP contribution in [0.4, 0.5) is 17.6 Å². The lowest BCUT2D eigenvalue weighted by Gasteiger charge is -2.32. The Kier molecular flexibility index (Phi) is 6.55. The molecule has 2 aliphatic rings. The number of alkyl halides is 3. The molecule has 1 aromatic carbocycles. The van der Waals surface area contributed by atoms with E-state index in [2.05, 4.69) is 14.7 Å². The fourth-order valence-electron chi connectivity index (χ4n) is 5.38. The summed E-state index contributed by atoms with van der Waals surface area (Å²) in [5.74, 6) is -1.01. The van der Waals surface area contributed by atoms with Crippen LogP contribution in [-0.4, -0.2) is 64.1 Å². The maximum absolute atomic E-state index is 15.0. The molecule has 2 aliphatic heterocycles. The van der Waals surface area contributed by atoms with Crippen molar-refractivity contribution in [2.45, 2.75) is 44.4 Å². The van der Waals surface area contributed by atoms with Crippen molar-refractivity contribution >= 4 is 22.8 Å². The number of aromatic nitrogens is 2. The zero-order valence-corrected chi connectivity index (χ0v) is 20.1. The summed E-state index contributed by atoms with van der Waals surface area (Å²) in [6.07, 6.45) is -1.67. The zero-order valence-electron chi connectivity index (χ0n) is 20.1. The summed E-state index contributed by atoms with van der Waals surface area (Å²) in [5.41, 5.74) is 2.38. The van der Waals surface area contributed by atoms with Gasteiger partial charge in [0, 0.05) is 61.2 Å². The van der Waals surface area contributed by atoms with Crippen molar-refractivity contribution in [2.75, 3.05) is 26.2 Å². The number of aromatic amines is 1. The molecule has 0 aliphatic carbocycles. The molecule has 5 rings (SSSR count). The molecule has 3 aromatic rings. The number of pyridine rings is 1. The van der Waals surface area contributed by atoms with E-state index in [1.165, 1.54) is 18.3 Å². The number of benzene rings is 1. The van der Waals surface area contributed by atoms with Gasteiger partial charge < -0.3 is 19.5 Å². The summed E-state index contributed by atoms with van der Waals surface area (Å²) in [6.45, 7) is 3.64. The molecule has 1 unspecified atom stereocenters. The number of halogens is 4. The van der Waals surface area contributed by atoms with Crippen LogP contribution < -0.4 is 4.74 Å². The predicted octanol–water partition coefficient (Wildman–Crippen LogP) is 4.96. The van der Waals surface area contributed by atoms with E-state index in [0.29, 0.717) is 50.2 Å². The third-order valence-corrected chi connectivity index (χ3v) is 7.27. The molecule has 1 N–H and O–H groups in total. The van der Waals surface area contributed by atoms with Crippen LogP contribution in [0, 0.1) is 5.82 Å². The van der Waals surface area contributed by atoms with Gasteiger partial charge in [0.1, 0.15) is 17.2 Å². The third kappa shape index (κ3) is 5.26. The number of hydrogen-bond acceptors (Lipinski definition) is 4. The van der Waals surface area contributed by atoms with E-state index >= 15 is 4.39 Å². The van der Waals surface area contributed by atoms with Gasteiger partial charge in [-0.2, -0.15) is 0 Å². The summed E-state index contributed by atoms with van der Waals surface area (Å²) >= 11 is 0. The van der Waals surface area contributed by atoms with Crippen LogP contribution in [0.15, 0.2) is 36.5 Å². The Bertz CT molecular complexity index is 1310. The number of amides is 2. The molecule has 2 saturated heterocycles. The summed E-state index contributed by atoms with van der Waals surface area (Å²) in [5, 5.41) is 0.723. The number of H-pyrrole nitrogens is 1. The van der Waals surface area contributed by atoms with Crippen molar-refractivity contribution < 1.29 is 31.9 Å². The highest BCUT2D eigenvalue weighted by Crippen LogP contribution is 2.37. The molecule has 2 aromatic heterocycles. The van der Waals surface area contributed by atoms with E-state index in [4.69, 9.17) is 0 Å². The zero-order chi connectivity index (χ0) is 26.3. The lowest BCUT2D eigenvalue weighted by molar-refractivity contribution is -0.274. The second-order valence-electron chi connectivity index (χ2n) is 9.60. The van der Waals surface area contributed by atoms with Gasteiger partial charge >= 0.3 is 6.36 Å². The van der Waals surface area contributed by atoms with Gasteiger partial charge in [-0.05, 0) is 55.5 Å². The number of fused-ring (bicyclic) bond motifs is 1. The summed E-state index contributed by atoms with van der Waals surface area (Å²) in [4.78, 5) is 35.6. The minimum absolute atomic E-state index is 0.0374. The predicted molar refractivity (Wildman–Crippen MR) is 127 cm³/mol. The molecule has 2 amide bonds. The van der Waals surface area contributed by atoms with Gasteiger partial charge in [-0.1, -0.05) is 0 Å². The second-order valence-corrected chi connectivity index (χ2v) is 9.60. The standard InChI is InChI=1S/C26H26F4N4O3/c1-15(35)34-11-8-18(14-34)22-12-20-23(21(27)13-31-24(20)32-22)16-6-9-33(10-7-16)25(36)17-2-4-19(5-3-17)37-26(28,29)30/h2-5,12-13,16,18H,6-11,14H2,1H3,(H,31,32). The average Bonchev–Trinajstić information content (AvgIpc) is 3.51. The van der Waals surface area contributed by atoms with Crippen LogP contribution in [0.25, 0.3) is 11.0 Å². The van der Waals surface area contributed by atoms with Gasteiger partial charge in [0.05, 0.1) is 6.20 Å². The smallest absolute Gasteiger partial charge is 0.406 e. The highest BCUT2D eigenvalue weighted by atomic mass is 19.4. The SMILES string of the molecule is CC(=O)N1CCC(c2cc3c(C4CCN(C(=O)c5ccc(OC(F)(F)F)cc5)CC4)c(F)cnc3[nH]2)C1. The molecular formula is C26H26F4N4O3. The van der Waals surface area contributed by atoms with Crippen LogP contribution in [0.1, 0.15) is 59.6 Å². The van der Waals surface area contributed by atoms with Crippen molar-refractivity contribution in [3.05, 3.63) is 59.2 Å². The first-order valence-corrected chi connectivity index (χ1v) is 12.2. The molecule has 1 atom stereocenters. The Morgan fingerprint density at radius 3 is 2.30 bits per heavy atom. The molecule has 0 radical (unpaired) electrons. The number of piperidine rings is 1. The van der Waals surface area contributed by atoms with Crippen LogP contribution in [-0.2, 0) is 4.79 Å². The van der Waals surface area contributed by atoms with Crippen molar-refractivity contribution in [3.8, 4) is 5.75 Å². The first-order valence-electron chi connectivity index (χ1n) is 12.2. The Morgan fingerprint density at radius 1 is 1.03 bits per heavy atom. The summed E-state index contributed by atoms with van der Waals surface area (Å²) in [6, 6.07) is 6.77. The van der Waals surface area contributed by atoms with Crippen LogP contribution in [0.3, 0.4) is 0 Å². The normalized spacial score (nSPS) is 19.0. The Hall–Kier alpha value is -3.63. The fraction of sp³-hybridized carbons (Fsp3) is 0.423. The Morgan fingerprint density at radius 2 is 1.68 bits per heavy atom. The quantitative estimate of drug-likeness (QED) is 0.496. The highest BCUT2D eigenvalue weighted by molar-refractivity contribution is 5.94. The first kappa shape index (κ1) is 25.0.